The molecule has 6 heteroatoms. The van der Waals surface area contributed by atoms with Crippen LogP contribution in [0.15, 0.2) is 79.4 Å². The number of carbonyl (C=O) groups is 1. The van der Waals surface area contributed by atoms with Crippen molar-refractivity contribution in [1.82, 2.24) is 19.9 Å². The van der Waals surface area contributed by atoms with Crippen LogP contribution in [0.1, 0.15) is 16.8 Å². The molecule has 0 aliphatic rings. The Morgan fingerprint density at radius 2 is 1.86 bits per heavy atom. The van der Waals surface area contributed by atoms with E-state index in [-0.39, 0.29) is 5.91 Å². The van der Waals surface area contributed by atoms with Gasteiger partial charge in [0, 0.05) is 42.0 Å². The molecule has 0 spiro atoms. The molecule has 0 aliphatic heterocycles. The van der Waals surface area contributed by atoms with Crippen LogP contribution in [-0.4, -0.2) is 20.4 Å². The molecule has 2 heterocycles. The number of hydrogen-bond acceptors (Lipinski definition) is 3. The highest BCUT2D eigenvalue weighted by molar-refractivity contribution is 6.31. The Hall–Kier alpha value is -3.44. The number of amides is 1. The van der Waals surface area contributed by atoms with E-state index in [1.54, 1.807) is 18.6 Å². The van der Waals surface area contributed by atoms with Crippen molar-refractivity contribution in [3.05, 3.63) is 101 Å². The second-order valence-electron chi connectivity index (χ2n) is 6.68. The summed E-state index contributed by atoms with van der Waals surface area (Å²) < 4.78 is 2.01. The maximum Gasteiger partial charge on any atom is 0.244 e. The average Bonchev–Trinajstić information content (AvgIpc) is 3.24. The number of rotatable bonds is 6. The standard InChI is InChI=1S/C23H19ClN4O/c24-20-7-5-19-6-8-21(27-22(19)13-20)9-10-23(29)26-14-17-1-3-18(4-2-17)15-28-12-11-25-16-28/h1-13,16H,14-15H2,(H,26,29). The molecule has 4 aromatic rings. The van der Waals surface area contributed by atoms with Crippen LogP contribution >= 0.6 is 11.6 Å². The number of imidazole rings is 1. The van der Waals surface area contributed by atoms with Crippen LogP contribution in [0.25, 0.3) is 17.0 Å². The van der Waals surface area contributed by atoms with Crippen molar-refractivity contribution in [3.8, 4) is 0 Å². The van der Waals surface area contributed by atoms with E-state index in [1.165, 1.54) is 11.6 Å². The van der Waals surface area contributed by atoms with Gasteiger partial charge in [-0.15, -0.1) is 0 Å². The van der Waals surface area contributed by atoms with Gasteiger partial charge in [0.1, 0.15) is 0 Å². The van der Waals surface area contributed by atoms with E-state index in [0.717, 1.165) is 23.0 Å². The molecular formula is C23H19ClN4O. The number of nitrogens with zero attached hydrogens (tertiary/aromatic N) is 3. The molecule has 0 saturated carbocycles. The SMILES string of the molecule is O=C(C=Cc1ccc2ccc(Cl)cc2n1)NCc1ccc(Cn2ccnc2)cc1. The Balaban J connectivity index is 1.32. The zero-order chi connectivity index (χ0) is 20.1. The van der Waals surface area contributed by atoms with Crippen LogP contribution < -0.4 is 5.32 Å². The first-order chi connectivity index (χ1) is 14.2. The second kappa shape index (κ2) is 8.71. The minimum Gasteiger partial charge on any atom is -0.348 e. The zero-order valence-electron chi connectivity index (χ0n) is 15.6. The summed E-state index contributed by atoms with van der Waals surface area (Å²) in [6, 6.07) is 17.6. The summed E-state index contributed by atoms with van der Waals surface area (Å²) in [4.78, 5) is 20.7. The van der Waals surface area contributed by atoms with Gasteiger partial charge in [0.25, 0.3) is 0 Å². The fourth-order valence-corrected chi connectivity index (χ4v) is 3.13. The van der Waals surface area contributed by atoms with Crippen LogP contribution in [0.4, 0.5) is 0 Å². The zero-order valence-corrected chi connectivity index (χ0v) is 16.4. The lowest BCUT2D eigenvalue weighted by molar-refractivity contribution is -0.116. The van der Waals surface area contributed by atoms with Crippen molar-refractivity contribution < 1.29 is 4.79 Å². The lowest BCUT2D eigenvalue weighted by Gasteiger charge is -2.06. The summed E-state index contributed by atoms with van der Waals surface area (Å²) in [7, 11) is 0. The van der Waals surface area contributed by atoms with Gasteiger partial charge in [-0.1, -0.05) is 48.0 Å². The van der Waals surface area contributed by atoms with Crippen LogP contribution in [0.2, 0.25) is 5.02 Å². The third kappa shape index (κ3) is 5.09. The predicted octanol–water partition coefficient (Wildman–Crippen LogP) is 4.46. The lowest BCUT2D eigenvalue weighted by Crippen LogP contribution is -2.20. The van der Waals surface area contributed by atoms with Gasteiger partial charge in [0.05, 0.1) is 17.5 Å². The number of benzene rings is 2. The Bertz CT molecular complexity index is 1150. The van der Waals surface area contributed by atoms with Gasteiger partial charge in [-0.05, 0) is 35.4 Å². The molecule has 4 rings (SSSR count). The predicted molar refractivity (Wildman–Crippen MR) is 115 cm³/mol. The quantitative estimate of drug-likeness (QED) is 0.484. The fourth-order valence-electron chi connectivity index (χ4n) is 2.96. The van der Waals surface area contributed by atoms with E-state index in [1.807, 2.05) is 53.2 Å². The first-order valence-electron chi connectivity index (χ1n) is 9.21. The van der Waals surface area contributed by atoms with E-state index in [2.05, 4.69) is 27.4 Å². The molecule has 1 N–H and O–H groups in total. The minimum atomic E-state index is -0.166. The number of nitrogens with one attached hydrogen (secondary N) is 1. The molecule has 0 fully saturated rings. The molecule has 0 unspecified atom stereocenters. The van der Waals surface area contributed by atoms with E-state index < -0.39 is 0 Å². The largest absolute Gasteiger partial charge is 0.348 e. The topological polar surface area (TPSA) is 59.8 Å². The van der Waals surface area contributed by atoms with Crippen LogP contribution in [0.3, 0.4) is 0 Å². The molecular weight excluding hydrogens is 384 g/mol. The highest BCUT2D eigenvalue weighted by Crippen LogP contribution is 2.18. The maximum atomic E-state index is 12.1. The molecule has 0 saturated heterocycles. The third-order valence-electron chi connectivity index (χ3n) is 4.50. The normalized spacial score (nSPS) is 11.2. The molecule has 0 bridgehead atoms. The molecule has 0 radical (unpaired) electrons. The molecule has 5 nitrogen and oxygen atoms in total. The summed E-state index contributed by atoms with van der Waals surface area (Å²) in [6.07, 6.45) is 8.68. The van der Waals surface area contributed by atoms with Crippen molar-refractivity contribution in [2.75, 3.05) is 0 Å². The van der Waals surface area contributed by atoms with Crippen molar-refractivity contribution in [1.29, 1.82) is 0 Å². The van der Waals surface area contributed by atoms with Gasteiger partial charge < -0.3 is 9.88 Å². The minimum absolute atomic E-state index is 0.166. The first kappa shape index (κ1) is 18.9. The number of aromatic nitrogens is 3. The smallest absolute Gasteiger partial charge is 0.244 e. The molecule has 0 aliphatic carbocycles. The monoisotopic (exact) mass is 402 g/mol. The summed E-state index contributed by atoms with van der Waals surface area (Å²) in [6.45, 7) is 1.24. The molecule has 1 amide bonds. The summed E-state index contributed by atoms with van der Waals surface area (Å²) in [5.74, 6) is -0.166. The Morgan fingerprint density at radius 1 is 1.07 bits per heavy atom. The van der Waals surface area contributed by atoms with Gasteiger partial charge in [-0.25, -0.2) is 9.97 Å². The molecule has 29 heavy (non-hydrogen) atoms. The number of halogens is 1. The van der Waals surface area contributed by atoms with Crippen LogP contribution in [-0.2, 0) is 17.9 Å². The van der Waals surface area contributed by atoms with Crippen LogP contribution in [0.5, 0.6) is 0 Å². The average molecular weight is 403 g/mol. The summed E-state index contributed by atoms with van der Waals surface area (Å²) in [5, 5.41) is 4.54. The van der Waals surface area contributed by atoms with E-state index >= 15 is 0 Å². The number of fused-ring (bicyclic) bond motifs is 1. The number of hydrogen-bond donors (Lipinski definition) is 1. The fraction of sp³-hybridized carbons (Fsp3) is 0.0870. The molecule has 0 atom stereocenters. The summed E-state index contributed by atoms with van der Waals surface area (Å²) in [5.41, 5.74) is 3.73. The molecule has 2 aromatic heterocycles. The van der Waals surface area contributed by atoms with Crippen molar-refractivity contribution in [2.45, 2.75) is 13.1 Å². The number of carbonyl (C=O) groups excluding carboxylic acids is 1. The highest BCUT2D eigenvalue weighted by atomic mass is 35.5. The van der Waals surface area contributed by atoms with Crippen molar-refractivity contribution in [3.63, 3.8) is 0 Å². The number of pyridine rings is 1. The van der Waals surface area contributed by atoms with Gasteiger partial charge in [0.2, 0.25) is 5.91 Å². The Labute approximate surface area is 173 Å². The van der Waals surface area contributed by atoms with Crippen molar-refractivity contribution >= 4 is 34.5 Å². The first-order valence-corrected chi connectivity index (χ1v) is 9.59. The van der Waals surface area contributed by atoms with Gasteiger partial charge in [-0.3, -0.25) is 4.79 Å². The highest BCUT2D eigenvalue weighted by Gasteiger charge is 2.01. The maximum absolute atomic E-state index is 12.1. The Morgan fingerprint density at radius 3 is 2.66 bits per heavy atom. The van der Waals surface area contributed by atoms with Gasteiger partial charge in [-0.2, -0.15) is 0 Å². The van der Waals surface area contributed by atoms with Gasteiger partial charge >= 0.3 is 0 Å². The Kier molecular flexibility index (Phi) is 5.68. The van der Waals surface area contributed by atoms with Gasteiger partial charge in [0.15, 0.2) is 0 Å². The summed E-state index contributed by atoms with van der Waals surface area (Å²) >= 11 is 6.02. The van der Waals surface area contributed by atoms with E-state index in [4.69, 9.17) is 11.6 Å². The molecule has 144 valence electrons. The van der Waals surface area contributed by atoms with Crippen molar-refractivity contribution in [2.24, 2.45) is 0 Å². The lowest BCUT2D eigenvalue weighted by atomic mass is 10.1. The molecule has 2 aromatic carbocycles. The van der Waals surface area contributed by atoms with Crippen LogP contribution in [0, 0.1) is 0 Å². The van der Waals surface area contributed by atoms with E-state index in [9.17, 15) is 4.79 Å². The second-order valence-corrected chi connectivity index (χ2v) is 7.11. The third-order valence-corrected chi connectivity index (χ3v) is 4.73. The van der Waals surface area contributed by atoms with E-state index in [0.29, 0.717) is 17.3 Å².